The number of aliphatic carboxylic acids is 1. The number of nitrogens with zero attached hydrogens (tertiary/aromatic N) is 1. The lowest BCUT2D eigenvalue weighted by Crippen LogP contribution is -2.41. The second-order valence-corrected chi connectivity index (χ2v) is 10.5. The van der Waals surface area contributed by atoms with Crippen LogP contribution in [-0.2, 0) is 20.8 Å². The summed E-state index contributed by atoms with van der Waals surface area (Å²) in [6.45, 7) is 3.97. The zero-order valence-electron chi connectivity index (χ0n) is 23.4. The van der Waals surface area contributed by atoms with E-state index in [1.54, 1.807) is 0 Å². The molecule has 41 heavy (non-hydrogen) atoms. The van der Waals surface area contributed by atoms with Crippen molar-refractivity contribution >= 4 is 34.5 Å². The third-order valence-corrected chi connectivity index (χ3v) is 7.53. The standard InChI is InChI=1S/C32H36N4O5/c1-21(26-9-5-7-23-6-3-4-8-27(23)26)33-32(41)28-20-25(22-16-18-36(2)19-17-22)11-10-24(28)12-13-29(37)34-35-30(38)14-15-31(39)40/h3-11,14-15,20-22H,12-13,16-19H2,1-2H3,(H,33,41)(H,34,37)(H,35,38)(H,39,40)/b15-14+/t21-/m1/s1. The lowest BCUT2D eigenvalue weighted by atomic mass is 9.87. The highest BCUT2D eigenvalue weighted by molar-refractivity contribution is 5.97. The summed E-state index contributed by atoms with van der Waals surface area (Å²) in [5.41, 5.74) is 7.84. The van der Waals surface area contributed by atoms with Gasteiger partial charge < -0.3 is 15.3 Å². The summed E-state index contributed by atoms with van der Waals surface area (Å²) in [5, 5.41) is 14.0. The van der Waals surface area contributed by atoms with Gasteiger partial charge >= 0.3 is 5.97 Å². The van der Waals surface area contributed by atoms with Crippen LogP contribution in [-0.4, -0.2) is 53.8 Å². The Morgan fingerprint density at radius 2 is 1.71 bits per heavy atom. The molecule has 4 N–H and O–H groups in total. The molecular weight excluding hydrogens is 520 g/mol. The third-order valence-electron chi connectivity index (χ3n) is 7.53. The summed E-state index contributed by atoms with van der Waals surface area (Å²) in [4.78, 5) is 50.6. The van der Waals surface area contributed by atoms with Crippen LogP contribution in [0.5, 0.6) is 0 Å². The fraction of sp³-hybridized carbons (Fsp3) is 0.312. The van der Waals surface area contributed by atoms with Crippen molar-refractivity contribution in [3.05, 3.63) is 95.1 Å². The van der Waals surface area contributed by atoms with E-state index in [4.69, 9.17) is 5.11 Å². The average molecular weight is 557 g/mol. The molecule has 0 bridgehead atoms. The van der Waals surface area contributed by atoms with E-state index in [1.165, 1.54) is 0 Å². The molecule has 0 unspecified atom stereocenters. The Hall–Kier alpha value is -4.50. The number of likely N-dealkylation sites (tertiary alicyclic amines) is 1. The van der Waals surface area contributed by atoms with E-state index >= 15 is 0 Å². The van der Waals surface area contributed by atoms with Crippen molar-refractivity contribution in [3.63, 3.8) is 0 Å². The van der Waals surface area contributed by atoms with Gasteiger partial charge in [-0.3, -0.25) is 25.2 Å². The van der Waals surface area contributed by atoms with Gasteiger partial charge in [0.15, 0.2) is 0 Å². The van der Waals surface area contributed by atoms with Crippen LogP contribution >= 0.6 is 0 Å². The normalized spacial score (nSPS) is 15.0. The van der Waals surface area contributed by atoms with Crippen LogP contribution in [0.25, 0.3) is 10.8 Å². The molecule has 0 spiro atoms. The molecule has 1 fully saturated rings. The predicted molar refractivity (Wildman–Crippen MR) is 157 cm³/mol. The Bertz CT molecular complexity index is 1450. The molecule has 1 heterocycles. The van der Waals surface area contributed by atoms with Crippen LogP contribution in [0.2, 0.25) is 0 Å². The first-order valence-electron chi connectivity index (χ1n) is 13.8. The van der Waals surface area contributed by atoms with Crippen molar-refractivity contribution in [2.45, 2.75) is 44.6 Å². The molecule has 3 amide bonds. The van der Waals surface area contributed by atoms with Gasteiger partial charge in [-0.1, -0.05) is 54.6 Å². The SMILES string of the molecule is C[C@@H](NC(=O)c1cc(C2CCN(C)CC2)ccc1CCC(=O)NNC(=O)/C=C/C(=O)O)c1cccc2ccccc12. The molecule has 0 saturated carbocycles. The zero-order valence-corrected chi connectivity index (χ0v) is 23.4. The molecule has 214 valence electrons. The number of carboxylic acids is 1. The van der Waals surface area contributed by atoms with Crippen LogP contribution < -0.4 is 16.2 Å². The molecule has 3 aromatic carbocycles. The number of piperidine rings is 1. The summed E-state index contributed by atoms with van der Waals surface area (Å²) in [6.07, 6.45) is 3.83. The fourth-order valence-electron chi connectivity index (χ4n) is 5.23. The van der Waals surface area contributed by atoms with Crippen molar-refractivity contribution in [2.75, 3.05) is 20.1 Å². The van der Waals surface area contributed by atoms with Gasteiger partial charge in [-0.2, -0.15) is 0 Å². The number of carbonyl (C=O) groups excluding carboxylic acids is 3. The highest BCUT2D eigenvalue weighted by Gasteiger charge is 2.22. The van der Waals surface area contributed by atoms with Gasteiger partial charge in [0.25, 0.3) is 11.8 Å². The maximum absolute atomic E-state index is 13.7. The van der Waals surface area contributed by atoms with Crippen molar-refractivity contribution in [1.82, 2.24) is 21.1 Å². The number of nitrogens with one attached hydrogen (secondary N) is 3. The molecule has 9 nitrogen and oxygen atoms in total. The summed E-state index contributed by atoms with van der Waals surface area (Å²) >= 11 is 0. The van der Waals surface area contributed by atoms with Gasteiger partial charge in [0, 0.05) is 24.1 Å². The quantitative estimate of drug-likeness (QED) is 0.234. The Kier molecular flexibility index (Phi) is 9.86. The van der Waals surface area contributed by atoms with Gasteiger partial charge in [0.1, 0.15) is 0 Å². The number of carboxylic acid groups (broad SMARTS) is 1. The average Bonchev–Trinajstić information content (AvgIpc) is 2.97. The summed E-state index contributed by atoms with van der Waals surface area (Å²) < 4.78 is 0. The molecule has 3 aromatic rings. The number of rotatable bonds is 9. The van der Waals surface area contributed by atoms with E-state index in [9.17, 15) is 19.2 Å². The molecule has 1 aliphatic heterocycles. The Balaban J connectivity index is 1.50. The minimum Gasteiger partial charge on any atom is -0.478 e. The van der Waals surface area contributed by atoms with Gasteiger partial charge in [0.05, 0.1) is 6.04 Å². The summed E-state index contributed by atoms with van der Waals surface area (Å²) in [5.74, 6) is -2.33. The largest absolute Gasteiger partial charge is 0.478 e. The maximum Gasteiger partial charge on any atom is 0.328 e. The van der Waals surface area contributed by atoms with Crippen molar-refractivity contribution in [1.29, 1.82) is 0 Å². The maximum atomic E-state index is 13.7. The van der Waals surface area contributed by atoms with E-state index in [-0.39, 0.29) is 24.8 Å². The van der Waals surface area contributed by atoms with E-state index < -0.39 is 17.8 Å². The molecule has 0 aromatic heterocycles. The Labute approximate surface area is 239 Å². The number of fused-ring (bicyclic) bond motifs is 1. The fourth-order valence-corrected chi connectivity index (χ4v) is 5.23. The van der Waals surface area contributed by atoms with E-state index in [2.05, 4.69) is 28.1 Å². The first-order chi connectivity index (χ1) is 19.7. The number of hydrogen-bond donors (Lipinski definition) is 4. The van der Waals surface area contributed by atoms with Crippen LogP contribution in [0.3, 0.4) is 0 Å². The molecular formula is C32H36N4O5. The highest BCUT2D eigenvalue weighted by Crippen LogP contribution is 2.30. The van der Waals surface area contributed by atoms with Crippen LogP contribution in [0.4, 0.5) is 0 Å². The van der Waals surface area contributed by atoms with Crippen molar-refractivity contribution in [3.8, 4) is 0 Å². The van der Waals surface area contributed by atoms with E-state index in [0.717, 1.165) is 59.5 Å². The lowest BCUT2D eigenvalue weighted by molar-refractivity contribution is -0.131. The van der Waals surface area contributed by atoms with E-state index in [0.29, 0.717) is 17.6 Å². The summed E-state index contributed by atoms with van der Waals surface area (Å²) in [6, 6.07) is 19.8. The Morgan fingerprint density at radius 3 is 2.46 bits per heavy atom. The molecule has 1 aliphatic rings. The minimum absolute atomic E-state index is 0.0235. The number of hydrazine groups is 1. The van der Waals surface area contributed by atoms with E-state index in [1.807, 2.05) is 67.6 Å². The highest BCUT2D eigenvalue weighted by atomic mass is 16.4. The van der Waals surface area contributed by atoms with Crippen LogP contribution in [0.15, 0.2) is 72.8 Å². The van der Waals surface area contributed by atoms with Crippen LogP contribution in [0, 0.1) is 0 Å². The first-order valence-corrected chi connectivity index (χ1v) is 13.8. The second kappa shape index (κ2) is 13.7. The lowest BCUT2D eigenvalue weighted by Gasteiger charge is -2.29. The minimum atomic E-state index is -1.27. The number of hydrogen-bond acceptors (Lipinski definition) is 5. The molecule has 1 saturated heterocycles. The number of carbonyl (C=O) groups is 4. The second-order valence-electron chi connectivity index (χ2n) is 10.5. The third kappa shape index (κ3) is 8.02. The smallest absolute Gasteiger partial charge is 0.328 e. The molecule has 4 rings (SSSR count). The van der Waals surface area contributed by atoms with Crippen LogP contribution in [0.1, 0.15) is 65.2 Å². The molecule has 0 aliphatic carbocycles. The molecule has 1 atom stereocenters. The Morgan fingerprint density at radius 1 is 0.976 bits per heavy atom. The number of benzene rings is 3. The van der Waals surface area contributed by atoms with Gasteiger partial charge in [0.2, 0.25) is 5.91 Å². The van der Waals surface area contributed by atoms with Gasteiger partial charge in [-0.25, -0.2) is 4.79 Å². The van der Waals surface area contributed by atoms with Gasteiger partial charge in [-0.05, 0) is 85.8 Å². The van der Waals surface area contributed by atoms with Crippen molar-refractivity contribution < 1.29 is 24.3 Å². The predicted octanol–water partition coefficient (Wildman–Crippen LogP) is 3.86. The van der Waals surface area contributed by atoms with Crippen molar-refractivity contribution in [2.24, 2.45) is 0 Å². The molecule has 9 heteroatoms. The summed E-state index contributed by atoms with van der Waals surface area (Å²) in [7, 11) is 2.11. The topological polar surface area (TPSA) is 128 Å². The molecule has 0 radical (unpaired) electrons. The number of aryl methyl sites for hydroxylation is 1. The zero-order chi connectivity index (χ0) is 29.4. The van der Waals surface area contributed by atoms with Gasteiger partial charge in [-0.15, -0.1) is 0 Å². The number of amides is 3. The first kappa shape index (κ1) is 29.5. The monoisotopic (exact) mass is 556 g/mol.